The molecule has 1 amide bonds. The molecule has 162 valence electrons. The van der Waals surface area contributed by atoms with Gasteiger partial charge in [0.1, 0.15) is 12.4 Å². The molecule has 1 aliphatic rings. The number of aryl methyl sites for hydroxylation is 1. The Bertz CT molecular complexity index is 1190. The zero-order valence-electron chi connectivity index (χ0n) is 17.6. The minimum absolute atomic E-state index is 0.198. The van der Waals surface area contributed by atoms with Crippen LogP contribution in [-0.4, -0.2) is 18.2 Å². The third-order valence-corrected chi connectivity index (χ3v) is 5.62. The van der Waals surface area contributed by atoms with Crippen LogP contribution in [-0.2, 0) is 11.4 Å². The maximum absolute atomic E-state index is 13.1. The molecular weight excluding hydrogens is 427 g/mol. The van der Waals surface area contributed by atoms with Crippen LogP contribution in [0.4, 0.5) is 10.1 Å². The van der Waals surface area contributed by atoms with E-state index >= 15 is 0 Å². The lowest BCUT2D eigenvalue weighted by Crippen LogP contribution is -2.19. The third-order valence-electron chi connectivity index (χ3n) is 4.71. The van der Waals surface area contributed by atoms with E-state index in [1.54, 1.807) is 37.5 Å². The summed E-state index contributed by atoms with van der Waals surface area (Å²) < 4.78 is 24.3. The molecule has 0 spiro atoms. The highest BCUT2D eigenvalue weighted by Crippen LogP contribution is 2.32. The van der Waals surface area contributed by atoms with Gasteiger partial charge in [0.2, 0.25) is 0 Å². The molecule has 0 bridgehead atoms. The van der Waals surface area contributed by atoms with E-state index < -0.39 is 0 Å². The molecule has 3 aromatic rings. The summed E-state index contributed by atoms with van der Waals surface area (Å²) in [6.07, 6.45) is 1.78. The number of benzene rings is 3. The Morgan fingerprint density at radius 1 is 1.03 bits per heavy atom. The lowest BCUT2D eigenvalue weighted by atomic mass is 10.2. The molecule has 1 fully saturated rings. The molecule has 0 radical (unpaired) electrons. The fourth-order valence-electron chi connectivity index (χ4n) is 3.00. The average molecular weight is 449 g/mol. The normalized spacial score (nSPS) is 15.8. The predicted molar refractivity (Wildman–Crippen MR) is 126 cm³/mol. The second-order valence-corrected chi connectivity index (χ2v) is 8.17. The zero-order valence-corrected chi connectivity index (χ0v) is 18.4. The molecular formula is C25H21FN2O3S. The molecule has 1 heterocycles. The maximum Gasteiger partial charge on any atom is 0.264 e. The summed E-state index contributed by atoms with van der Waals surface area (Å²) in [5.74, 6) is 0.614. The Labute approximate surface area is 190 Å². The van der Waals surface area contributed by atoms with Crippen molar-refractivity contribution in [3.05, 3.63) is 94.1 Å². The number of aliphatic imine (C=N–C) groups is 1. The number of methoxy groups -OCH3 is 1. The summed E-state index contributed by atoms with van der Waals surface area (Å²) in [6, 6.07) is 19.3. The van der Waals surface area contributed by atoms with Gasteiger partial charge in [-0.05, 0) is 72.3 Å². The van der Waals surface area contributed by atoms with Gasteiger partial charge in [-0.2, -0.15) is 0 Å². The van der Waals surface area contributed by atoms with Crippen molar-refractivity contribution in [3.8, 4) is 11.5 Å². The van der Waals surface area contributed by atoms with E-state index in [0.717, 1.165) is 22.4 Å². The van der Waals surface area contributed by atoms with Gasteiger partial charge in [0.05, 0.1) is 17.7 Å². The van der Waals surface area contributed by atoms with Crippen LogP contribution in [0.2, 0.25) is 0 Å². The van der Waals surface area contributed by atoms with E-state index in [1.807, 2.05) is 37.3 Å². The van der Waals surface area contributed by atoms with Gasteiger partial charge in [-0.25, -0.2) is 9.38 Å². The number of rotatable bonds is 6. The average Bonchev–Trinajstić information content (AvgIpc) is 3.13. The smallest absolute Gasteiger partial charge is 0.264 e. The van der Waals surface area contributed by atoms with Crippen LogP contribution in [0.25, 0.3) is 6.08 Å². The second kappa shape index (κ2) is 9.70. The molecule has 4 rings (SSSR count). The number of amides is 1. The molecule has 1 N–H and O–H groups in total. The highest BCUT2D eigenvalue weighted by Gasteiger charge is 2.24. The van der Waals surface area contributed by atoms with Crippen molar-refractivity contribution < 1.29 is 18.7 Å². The van der Waals surface area contributed by atoms with Gasteiger partial charge in [-0.15, -0.1) is 0 Å². The molecule has 0 aromatic heterocycles. The van der Waals surface area contributed by atoms with Gasteiger partial charge in [0, 0.05) is 0 Å². The predicted octanol–water partition coefficient (Wildman–Crippen LogP) is 5.61. The number of amidine groups is 1. The van der Waals surface area contributed by atoms with E-state index in [2.05, 4.69) is 10.3 Å². The van der Waals surface area contributed by atoms with Crippen LogP contribution in [0, 0.1) is 12.7 Å². The summed E-state index contributed by atoms with van der Waals surface area (Å²) in [5.41, 5.74) is 3.57. The van der Waals surface area contributed by atoms with Gasteiger partial charge in [-0.1, -0.05) is 35.9 Å². The summed E-state index contributed by atoms with van der Waals surface area (Å²) in [6.45, 7) is 2.30. The van der Waals surface area contributed by atoms with Crippen LogP contribution in [0.1, 0.15) is 16.7 Å². The van der Waals surface area contributed by atoms with Crippen molar-refractivity contribution in [1.29, 1.82) is 0 Å². The van der Waals surface area contributed by atoms with Gasteiger partial charge in [-0.3, -0.25) is 4.79 Å². The minimum Gasteiger partial charge on any atom is -0.493 e. The number of ether oxygens (including phenoxy) is 2. The maximum atomic E-state index is 13.1. The van der Waals surface area contributed by atoms with E-state index in [4.69, 9.17) is 9.47 Å². The second-order valence-electron chi connectivity index (χ2n) is 7.14. The van der Waals surface area contributed by atoms with E-state index in [9.17, 15) is 9.18 Å². The van der Waals surface area contributed by atoms with Crippen LogP contribution in [0.5, 0.6) is 11.5 Å². The summed E-state index contributed by atoms with van der Waals surface area (Å²) in [7, 11) is 1.56. The number of carbonyl (C=O) groups is 1. The van der Waals surface area contributed by atoms with E-state index in [1.165, 1.54) is 23.9 Å². The fourth-order valence-corrected chi connectivity index (χ4v) is 3.85. The molecule has 7 heteroatoms. The Balaban J connectivity index is 1.47. The van der Waals surface area contributed by atoms with Gasteiger partial charge < -0.3 is 14.8 Å². The molecule has 1 saturated heterocycles. The summed E-state index contributed by atoms with van der Waals surface area (Å²) >= 11 is 1.29. The van der Waals surface area contributed by atoms with Crippen LogP contribution >= 0.6 is 11.8 Å². The number of halogens is 1. The minimum atomic E-state index is -0.287. The first kappa shape index (κ1) is 21.6. The molecule has 1 aliphatic heterocycles. The van der Waals surface area contributed by atoms with Crippen molar-refractivity contribution in [3.63, 3.8) is 0 Å². The lowest BCUT2D eigenvalue weighted by Gasteiger charge is -2.11. The van der Waals surface area contributed by atoms with Crippen molar-refractivity contribution in [1.82, 2.24) is 5.32 Å². The molecule has 5 nitrogen and oxygen atoms in total. The first-order valence-electron chi connectivity index (χ1n) is 9.92. The quantitative estimate of drug-likeness (QED) is 0.498. The Morgan fingerprint density at radius 3 is 2.50 bits per heavy atom. The number of thioether (sulfide) groups is 1. The number of carbonyl (C=O) groups excluding carboxylic acids is 1. The third kappa shape index (κ3) is 5.36. The SMILES string of the molecule is COc1cc(/C=C2\SC(=Nc3ccc(C)cc3)NC2=O)ccc1OCc1ccc(F)cc1. The molecule has 32 heavy (non-hydrogen) atoms. The van der Waals surface area contributed by atoms with E-state index in [0.29, 0.717) is 21.6 Å². The topological polar surface area (TPSA) is 59.9 Å². The first-order chi connectivity index (χ1) is 15.5. The molecule has 0 saturated carbocycles. The summed E-state index contributed by atoms with van der Waals surface area (Å²) in [4.78, 5) is 17.4. The highest BCUT2D eigenvalue weighted by molar-refractivity contribution is 8.18. The monoisotopic (exact) mass is 448 g/mol. The van der Waals surface area contributed by atoms with Crippen LogP contribution < -0.4 is 14.8 Å². The van der Waals surface area contributed by atoms with Crippen molar-refractivity contribution in [2.75, 3.05) is 7.11 Å². The number of hydrogen-bond donors (Lipinski definition) is 1. The number of hydrogen-bond acceptors (Lipinski definition) is 5. The van der Waals surface area contributed by atoms with Crippen molar-refractivity contribution in [2.24, 2.45) is 4.99 Å². The van der Waals surface area contributed by atoms with Crippen LogP contribution in [0.15, 0.2) is 76.6 Å². The first-order valence-corrected chi connectivity index (χ1v) is 10.7. The summed E-state index contributed by atoms with van der Waals surface area (Å²) in [5, 5.41) is 3.33. The van der Waals surface area contributed by atoms with Gasteiger partial charge >= 0.3 is 0 Å². The molecule has 0 atom stereocenters. The highest BCUT2D eigenvalue weighted by atomic mass is 32.2. The largest absolute Gasteiger partial charge is 0.493 e. The fraction of sp³-hybridized carbons (Fsp3) is 0.120. The number of nitrogens with zero attached hydrogens (tertiary/aromatic N) is 1. The standard InChI is InChI=1S/C25H21FN2O3S/c1-16-3-10-20(11-4-16)27-25-28-24(29)23(32-25)14-18-7-12-21(22(13-18)30-2)31-15-17-5-8-19(26)9-6-17/h3-14H,15H2,1-2H3,(H,27,28,29)/b23-14-. The lowest BCUT2D eigenvalue weighted by molar-refractivity contribution is -0.115. The van der Waals surface area contributed by atoms with Crippen LogP contribution in [0.3, 0.4) is 0 Å². The molecule has 0 aliphatic carbocycles. The molecule has 3 aromatic carbocycles. The van der Waals surface area contributed by atoms with Gasteiger partial charge in [0.15, 0.2) is 16.7 Å². The Hall–Kier alpha value is -3.58. The Kier molecular flexibility index (Phi) is 6.56. The zero-order chi connectivity index (χ0) is 22.5. The van der Waals surface area contributed by atoms with Crippen molar-refractivity contribution in [2.45, 2.75) is 13.5 Å². The molecule has 0 unspecified atom stereocenters. The van der Waals surface area contributed by atoms with Crippen molar-refractivity contribution >= 4 is 34.6 Å². The Morgan fingerprint density at radius 2 is 1.78 bits per heavy atom. The van der Waals surface area contributed by atoms with E-state index in [-0.39, 0.29) is 18.3 Å². The number of nitrogens with one attached hydrogen (secondary N) is 1. The van der Waals surface area contributed by atoms with Gasteiger partial charge in [0.25, 0.3) is 5.91 Å².